The van der Waals surface area contributed by atoms with E-state index in [1.165, 1.54) is 30.6 Å². The topological polar surface area (TPSA) is 15.3 Å². The summed E-state index contributed by atoms with van der Waals surface area (Å²) < 4.78 is 0. The molecule has 0 aromatic heterocycles. The van der Waals surface area contributed by atoms with Crippen LogP contribution >= 0.6 is 0 Å². The Hall–Kier alpha value is -1.02. The summed E-state index contributed by atoms with van der Waals surface area (Å²) in [5.41, 5.74) is 2.96. The minimum absolute atomic E-state index is 0.642. The van der Waals surface area contributed by atoms with Crippen molar-refractivity contribution >= 4 is 5.69 Å². The van der Waals surface area contributed by atoms with Gasteiger partial charge in [0.25, 0.3) is 0 Å². The molecule has 1 aliphatic heterocycles. The third-order valence-corrected chi connectivity index (χ3v) is 3.47. The summed E-state index contributed by atoms with van der Waals surface area (Å²) in [6, 6.07) is 9.46. The van der Waals surface area contributed by atoms with Gasteiger partial charge in [-0.1, -0.05) is 32.0 Å². The SMILES string of the molecule is CCNCC(CC)N1CCc2ccccc21. The van der Waals surface area contributed by atoms with Crippen LogP contribution in [0.2, 0.25) is 0 Å². The van der Waals surface area contributed by atoms with Gasteiger partial charge in [0.1, 0.15) is 0 Å². The van der Waals surface area contributed by atoms with Gasteiger partial charge in [0.15, 0.2) is 0 Å². The molecule has 0 fully saturated rings. The van der Waals surface area contributed by atoms with Crippen LogP contribution in [0.3, 0.4) is 0 Å². The van der Waals surface area contributed by atoms with Crippen LogP contribution in [0.25, 0.3) is 0 Å². The Morgan fingerprint density at radius 3 is 2.88 bits per heavy atom. The van der Waals surface area contributed by atoms with Gasteiger partial charge in [-0.25, -0.2) is 0 Å². The van der Waals surface area contributed by atoms with Crippen LogP contribution in [0.1, 0.15) is 25.8 Å². The van der Waals surface area contributed by atoms with E-state index >= 15 is 0 Å². The third-order valence-electron chi connectivity index (χ3n) is 3.47. The lowest BCUT2D eigenvalue weighted by Crippen LogP contribution is -2.41. The number of fused-ring (bicyclic) bond motifs is 1. The maximum Gasteiger partial charge on any atom is 0.0412 e. The molecule has 1 aromatic carbocycles. The lowest BCUT2D eigenvalue weighted by Gasteiger charge is -2.29. The molecule has 1 atom stereocenters. The third kappa shape index (κ3) is 2.22. The fourth-order valence-corrected chi connectivity index (χ4v) is 2.53. The molecule has 2 rings (SSSR count). The van der Waals surface area contributed by atoms with E-state index in [0.717, 1.165) is 13.1 Å². The summed E-state index contributed by atoms with van der Waals surface area (Å²) in [5, 5.41) is 3.47. The van der Waals surface area contributed by atoms with E-state index in [9.17, 15) is 0 Å². The molecule has 1 unspecified atom stereocenters. The Morgan fingerprint density at radius 1 is 1.31 bits per heavy atom. The number of likely N-dealkylation sites (N-methyl/N-ethyl adjacent to an activating group) is 1. The molecule has 1 N–H and O–H groups in total. The number of hydrogen-bond donors (Lipinski definition) is 1. The molecule has 16 heavy (non-hydrogen) atoms. The fraction of sp³-hybridized carbons (Fsp3) is 0.571. The van der Waals surface area contributed by atoms with Gasteiger partial charge in [0.2, 0.25) is 0 Å². The van der Waals surface area contributed by atoms with Crippen LogP contribution in [0.4, 0.5) is 5.69 Å². The largest absolute Gasteiger partial charge is 0.367 e. The van der Waals surface area contributed by atoms with Crippen LogP contribution < -0.4 is 10.2 Å². The average molecular weight is 218 g/mol. The summed E-state index contributed by atoms with van der Waals surface area (Å²) in [6.45, 7) is 7.80. The van der Waals surface area contributed by atoms with Gasteiger partial charge in [-0.3, -0.25) is 0 Å². The van der Waals surface area contributed by atoms with Crippen molar-refractivity contribution in [3.8, 4) is 0 Å². The first-order valence-corrected chi connectivity index (χ1v) is 6.42. The zero-order chi connectivity index (χ0) is 11.4. The second kappa shape index (κ2) is 5.35. The molecular weight excluding hydrogens is 196 g/mol. The van der Waals surface area contributed by atoms with Crippen molar-refractivity contribution in [3.63, 3.8) is 0 Å². The monoisotopic (exact) mass is 218 g/mol. The molecular formula is C14H22N2. The maximum atomic E-state index is 3.47. The molecule has 2 heteroatoms. The Labute approximate surface area is 98.7 Å². The first kappa shape index (κ1) is 11.5. The highest BCUT2D eigenvalue weighted by atomic mass is 15.2. The van der Waals surface area contributed by atoms with Crippen molar-refractivity contribution in [2.75, 3.05) is 24.5 Å². The van der Waals surface area contributed by atoms with Crippen LogP contribution in [0.15, 0.2) is 24.3 Å². The highest BCUT2D eigenvalue weighted by Crippen LogP contribution is 2.29. The van der Waals surface area contributed by atoms with Crippen molar-refractivity contribution < 1.29 is 0 Å². The smallest absolute Gasteiger partial charge is 0.0412 e. The van der Waals surface area contributed by atoms with E-state index in [1.54, 1.807) is 0 Å². The highest BCUT2D eigenvalue weighted by Gasteiger charge is 2.23. The molecule has 0 spiro atoms. The standard InChI is InChI=1S/C14H22N2/c1-3-13(11-15-4-2)16-10-9-12-7-5-6-8-14(12)16/h5-8,13,15H,3-4,9-11H2,1-2H3. The van der Waals surface area contributed by atoms with Gasteiger partial charge < -0.3 is 10.2 Å². The molecule has 1 aliphatic rings. The molecule has 0 saturated heterocycles. The molecule has 0 aliphatic carbocycles. The Kier molecular flexibility index (Phi) is 3.83. The van der Waals surface area contributed by atoms with Crippen molar-refractivity contribution in [3.05, 3.63) is 29.8 Å². The van der Waals surface area contributed by atoms with Crippen molar-refractivity contribution in [1.82, 2.24) is 5.32 Å². The summed E-state index contributed by atoms with van der Waals surface area (Å²) in [6.07, 6.45) is 2.42. The average Bonchev–Trinajstić information content (AvgIpc) is 2.75. The summed E-state index contributed by atoms with van der Waals surface area (Å²) in [7, 11) is 0. The van der Waals surface area contributed by atoms with Crippen LogP contribution in [0, 0.1) is 0 Å². The van der Waals surface area contributed by atoms with E-state index in [2.05, 4.69) is 48.3 Å². The van der Waals surface area contributed by atoms with Crippen molar-refractivity contribution in [2.24, 2.45) is 0 Å². The normalized spacial score (nSPS) is 16.2. The molecule has 0 saturated carbocycles. The number of nitrogens with one attached hydrogen (secondary N) is 1. The minimum atomic E-state index is 0.642. The van der Waals surface area contributed by atoms with E-state index in [0.29, 0.717) is 6.04 Å². The number of para-hydroxylation sites is 1. The first-order valence-electron chi connectivity index (χ1n) is 6.42. The van der Waals surface area contributed by atoms with Crippen molar-refractivity contribution in [2.45, 2.75) is 32.7 Å². The maximum absolute atomic E-state index is 3.47. The Morgan fingerprint density at radius 2 is 2.12 bits per heavy atom. The number of nitrogens with zero attached hydrogens (tertiary/aromatic N) is 1. The minimum Gasteiger partial charge on any atom is -0.367 e. The van der Waals surface area contributed by atoms with Crippen LogP contribution in [-0.2, 0) is 6.42 Å². The number of benzene rings is 1. The fourth-order valence-electron chi connectivity index (χ4n) is 2.53. The van der Waals surface area contributed by atoms with E-state index in [1.807, 2.05) is 0 Å². The van der Waals surface area contributed by atoms with E-state index < -0.39 is 0 Å². The Bertz CT molecular complexity index is 335. The van der Waals surface area contributed by atoms with Gasteiger partial charge >= 0.3 is 0 Å². The van der Waals surface area contributed by atoms with Gasteiger partial charge in [-0.2, -0.15) is 0 Å². The van der Waals surface area contributed by atoms with Gasteiger partial charge in [-0.05, 0) is 31.0 Å². The van der Waals surface area contributed by atoms with Crippen molar-refractivity contribution in [1.29, 1.82) is 0 Å². The zero-order valence-corrected chi connectivity index (χ0v) is 10.4. The molecule has 0 amide bonds. The molecule has 2 nitrogen and oxygen atoms in total. The number of rotatable bonds is 5. The second-order valence-corrected chi connectivity index (χ2v) is 4.44. The van der Waals surface area contributed by atoms with Gasteiger partial charge in [0, 0.05) is 24.8 Å². The molecule has 88 valence electrons. The van der Waals surface area contributed by atoms with Gasteiger partial charge in [-0.15, -0.1) is 0 Å². The second-order valence-electron chi connectivity index (χ2n) is 4.44. The lowest BCUT2D eigenvalue weighted by molar-refractivity contribution is 0.537. The lowest BCUT2D eigenvalue weighted by atomic mass is 10.1. The zero-order valence-electron chi connectivity index (χ0n) is 10.4. The molecule has 1 aromatic rings. The first-order chi connectivity index (χ1) is 7.86. The Balaban J connectivity index is 2.10. The van der Waals surface area contributed by atoms with Crippen LogP contribution in [0.5, 0.6) is 0 Å². The molecule has 1 heterocycles. The summed E-state index contributed by atoms with van der Waals surface area (Å²) >= 11 is 0. The predicted molar refractivity (Wildman–Crippen MR) is 70.1 cm³/mol. The predicted octanol–water partition coefficient (Wildman–Crippen LogP) is 2.44. The van der Waals surface area contributed by atoms with Crippen LogP contribution in [-0.4, -0.2) is 25.7 Å². The number of anilines is 1. The van der Waals surface area contributed by atoms with E-state index in [4.69, 9.17) is 0 Å². The number of hydrogen-bond acceptors (Lipinski definition) is 2. The summed E-state index contributed by atoms with van der Waals surface area (Å²) in [4.78, 5) is 2.57. The molecule has 0 bridgehead atoms. The summed E-state index contributed by atoms with van der Waals surface area (Å²) in [5.74, 6) is 0. The highest BCUT2D eigenvalue weighted by molar-refractivity contribution is 5.58. The molecule has 0 radical (unpaired) electrons. The van der Waals surface area contributed by atoms with E-state index in [-0.39, 0.29) is 0 Å². The quantitative estimate of drug-likeness (QED) is 0.816. The van der Waals surface area contributed by atoms with Gasteiger partial charge in [0.05, 0.1) is 0 Å².